The van der Waals surface area contributed by atoms with Crippen molar-refractivity contribution in [1.82, 2.24) is 0 Å². The second-order valence-electron chi connectivity index (χ2n) is 4.43. The maximum atomic E-state index is 3.67. The van der Waals surface area contributed by atoms with Crippen molar-refractivity contribution in [2.45, 2.75) is 21.5 Å². The van der Waals surface area contributed by atoms with Gasteiger partial charge in [-0.1, -0.05) is 58.9 Å². The van der Waals surface area contributed by atoms with Gasteiger partial charge in [0.25, 0.3) is 0 Å². The molecule has 3 heteroatoms. The number of anilines is 2. The maximum Gasteiger partial charge on any atom is 0.0553 e. The van der Waals surface area contributed by atoms with E-state index in [1.807, 2.05) is 11.8 Å². The molecule has 1 heterocycles. The Balaban J connectivity index is 2.11. The molecule has 92 valence electrons. The molecule has 1 nitrogen and oxygen atoms in total. The van der Waals surface area contributed by atoms with E-state index in [1.54, 1.807) is 0 Å². The van der Waals surface area contributed by atoms with Crippen LogP contribution in [0.1, 0.15) is 6.92 Å². The minimum atomic E-state index is 0.460. The van der Waals surface area contributed by atoms with E-state index >= 15 is 0 Å². The zero-order chi connectivity index (χ0) is 12.5. The molecule has 0 N–H and O–H groups in total. The third-order valence-electron chi connectivity index (χ3n) is 2.97. The first-order valence-electron chi connectivity index (χ1n) is 6.03. The first-order valence-corrected chi connectivity index (χ1v) is 7.76. The normalized spacial score (nSPS) is 14.9. The van der Waals surface area contributed by atoms with Crippen LogP contribution in [0.2, 0.25) is 0 Å². The van der Waals surface area contributed by atoms with Crippen LogP contribution >= 0.6 is 27.7 Å². The molecular weight excluding hydrogens is 306 g/mol. The molecule has 1 atom stereocenters. The quantitative estimate of drug-likeness (QED) is 0.711. The van der Waals surface area contributed by atoms with Gasteiger partial charge in [-0.05, 0) is 24.3 Å². The summed E-state index contributed by atoms with van der Waals surface area (Å²) in [4.78, 5) is 5.54. The Hall–Kier alpha value is -0.930. The molecule has 0 saturated carbocycles. The molecule has 0 amide bonds. The van der Waals surface area contributed by atoms with Crippen molar-refractivity contribution in [3.8, 4) is 0 Å². The fourth-order valence-electron chi connectivity index (χ4n) is 2.23. The van der Waals surface area contributed by atoms with Gasteiger partial charge in [-0.2, -0.15) is 0 Å². The van der Waals surface area contributed by atoms with E-state index < -0.39 is 0 Å². The lowest BCUT2D eigenvalue weighted by molar-refractivity contribution is 0.891. The van der Waals surface area contributed by atoms with Crippen molar-refractivity contribution < 1.29 is 0 Å². The summed E-state index contributed by atoms with van der Waals surface area (Å²) >= 11 is 5.52. The third kappa shape index (κ3) is 2.17. The first-order chi connectivity index (χ1) is 8.75. The monoisotopic (exact) mass is 319 g/mol. The van der Waals surface area contributed by atoms with E-state index in [0.717, 1.165) is 6.54 Å². The lowest BCUT2D eigenvalue weighted by atomic mass is 10.2. The molecule has 1 aliphatic heterocycles. The summed E-state index contributed by atoms with van der Waals surface area (Å²) in [6, 6.07) is 17.2. The molecule has 2 aromatic carbocycles. The van der Waals surface area contributed by atoms with E-state index in [2.05, 4.69) is 76.3 Å². The van der Waals surface area contributed by atoms with Crippen LogP contribution in [-0.4, -0.2) is 11.4 Å². The highest BCUT2D eigenvalue weighted by Gasteiger charge is 2.23. The highest BCUT2D eigenvalue weighted by atomic mass is 79.9. The van der Waals surface area contributed by atoms with E-state index in [4.69, 9.17) is 0 Å². The smallest absolute Gasteiger partial charge is 0.0553 e. The van der Waals surface area contributed by atoms with Gasteiger partial charge in [0, 0.05) is 21.2 Å². The average molecular weight is 320 g/mol. The lowest BCUT2D eigenvalue weighted by Crippen LogP contribution is -2.26. The van der Waals surface area contributed by atoms with Crippen molar-refractivity contribution in [3.63, 3.8) is 0 Å². The Bertz CT molecular complexity index is 522. The average Bonchev–Trinajstić information content (AvgIpc) is 2.38. The zero-order valence-corrected chi connectivity index (χ0v) is 12.5. The number of alkyl halides is 1. The third-order valence-corrected chi connectivity index (χ3v) is 4.39. The molecule has 0 bridgehead atoms. The number of benzene rings is 2. The van der Waals surface area contributed by atoms with E-state index in [0.29, 0.717) is 4.83 Å². The van der Waals surface area contributed by atoms with Gasteiger partial charge < -0.3 is 4.90 Å². The Labute approximate surface area is 120 Å². The summed E-state index contributed by atoms with van der Waals surface area (Å²) in [7, 11) is 0. The lowest BCUT2D eigenvalue weighted by Gasteiger charge is -2.33. The van der Waals surface area contributed by atoms with Crippen molar-refractivity contribution in [1.29, 1.82) is 0 Å². The topological polar surface area (TPSA) is 3.24 Å². The fourth-order valence-corrected chi connectivity index (χ4v) is 3.61. The van der Waals surface area contributed by atoms with E-state index in [9.17, 15) is 0 Å². The number of rotatable bonds is 2. The summed E-state index contributed by atoms with van der Waals surface area (Å²) in [5.41, 5.74) is 2.63. The number of halogens is 1. The minimum absolute atomic E-state index is 0.460. The van der Waals surface area contributed by atoms with E-state index in [-0.39, 0.29) is 0 Å². The van der Waals surface area contributed by atoms with Crippen LogP contribution in [0.4, 0.5) is 11.4 Å². The van der Waals surface area contributed by atoms with Gasteiger partial charge in [0.1, 0.15) is 0 Å². The Morgan fingerprint density at radius 3 is 2.00 bits per heavy atom. The fraction of sp³-hybridized carbons (Fsp3) is 0.200. The molecule has 0 radical (unpaired) electrons. The standard InChI is InChI=1S/C15H14BrNS/c1-11(16)10-17-12-6-2-4-8-14(12)18-15-9-5-3-7-13(15)17/h2-9,11H,10H2,1H3/t11-/m1/s1. The molecular formula is C15H14BrNS. The molecule has 0 unspecified atom stereocenters. The molecule has 0 saturated heterocycles. The van der Waals surface area contributed by atoms with Crippen LogP contribution in [0.5, 0.6) is 0 Å². The SMILES string of the molecule is C[C@@H](Br)CN1c2ccccc2Sc2ccccc21. The van der Waals surface area contributed by atoms with Crippen LogP contribution < -0.4 is 4.90 Å². The predicted octanol–water partition coefficient (Wildman–Crippen LogP) is 5.07. The van der Waals surface area contributed by atoms with Crippen molar-refractivity contribution in [2.75, 3.05) is 11.4 Å². The Kier molecular flexibility index (Phi) is 3.35. The predicted molar refractivity (Wildman–Crippen MR) is 82.4 cm³/mol. The molecule has 0 aromatic heterocycles. The summed E-state index contributed by atoms with van der Waals surface area (Å²) in [6.45, 7) is 3.17. The molecule has 2 aromatic rings. The van der Waals surface area contributed by atoms with Crippen LogP contribution in [0.25, 0.3) is 0 Å². The summed E-state index contributed by atoms with van der Waals surface area (Å²) in [6.07, 6.45) is 0. The molecule has 0 aliphatic carbocycles. The number of para-hydroxylation sites is 2. The van der Waals surface area contributed by atoms with Gasteiger partial charge in [0.05, 0.1) is 11.4 Å². The summed E-state index contributed by atoms with van der Waals surface area (Å²) in [5.74, 6) is 0. The summed E-state index contributed by atoms with van der Waals surface area (Å²) in [5, 5.41) is 0. The minimum Gasteiger partial charge on any atom is -0.339 e. The zero-order valence-electron chi connectivity index (χ0n) is 10.1. The first kappa shape index (κ1) is 12.1. The Morgan fingerprint density at radius 1 is 1.00 bits per heavy atom. The second kappa shape index (κ2) is 4.98. The van der Waals surface area contributed by atoms with Crippen LogP contribution in [-0.2, 0) is 0 Å². The van der Waals surface area contributed by atoms with Crippen LogP contribution in [0, 0.1) is 0 Å². The second-order valence-corrected chi connectivity index (χ2v) is 7.08. The van der Waals surface area contributed by atoms with Crippen molar-refractivity contribution in [3.05, 3.63) is 48.5 Å². The molecule has 18 heavy (non-hydrogen) atoms. The van der Waals surface area contributed by atoms with Gasteiger partial charge in [-0.15, -0.1) is 0 Å². The number of hydrogen-bond acceptors (Lipinski definition) is 2. The van der Waals surface area contributed by atoms with Crippen LogP contribution in [0.3, 0.4) is 0 Å². The molecule has 3 rings (SSSR count). The van der Waals surface area contributed by atoms with Crippen molar-refractivity contribution >= 4 is 39.1 Å². The molecule has 1 aliphatic rings. The van der Waals surface area contributed by atoms with E-state index in [1.165, 1.54) is 21.2 Å². The number of hydrogen-bond donors (Lipinski definition) is 0. The van der Waals surface area contributed by atoms with Gasteiger partial charge in [0.2, 0.25) is 0 Å². The Morgan fingerprint density at radius 2 is 1.50 bits per heavy atom. The van der Waals surface area contributed by atoms with Crippen molar-refractivity contribution in [2.24, 2.45) is 0 Å². The highest BCUT2D eigenvalue weighted by Crippen LogP contribution is 2.47. The van der Waals surface area contributed by atoms with Gasteiger partial charge >= 0.3 is 0 Å². The highest BCUT2D eigenvalue weighted by molar-refractivity contribution is 9.09. The van der Waals surface area contributed by atoms with Gasteiger partial charge in [0.15, 0.2) is 0 Å². The van der Waals surface area contributed by atoms with Crippen LogP contribution in [0.15, 0.2) is 58.3 Å². The summed E-state index contributed by atoms with van der Waals surface area (Å²) < 4.78 is 0. The largest absolute Gasteiger partial charge is 0.339 e. The van der Waals surface area contributed by atoms with Gasteiger partial charge in [-0.3, -0.25) is 0 Å². The molecule has 0 fully saturated rings. The molecule has 0 spiro atoms. The maximum absolute atomic E-state index is 3.67. The number of nitrogens with zero attached hydrogens (tertiary/aromatic N) is 1. The number of fused-ring (bicyclic) bond motifs is 2. The van der Waals surface area contributed by atoms with Gasteiger partial charge in [-0.25, -0.2) is 0 Å².